The van der Waals surface area contributed by atoms with Crippen LogP contribution in [0.2, 0.25) is 0 Å². The molecule has 3 aromatic heterocycles. The average Bonchev–Trinajstić information content (AvgIpc) is 3.35. The molecule has 7 nitrogen and oxygen atoms in total. The fourth-order valence-electron chi connectivity index (χ4n) is 3.13. The summed E-state index contributed by atoms with van der Waals surface area (Å²) in [5.41, 5.74) is 8.69. The first-order valence-electron chi connectivity index (χ1n) is 9.22. The molecule has 3 N–H and O–H groups in total. The Kier molecular flexibility index (Phi) is 5.05. The van der Waals surface area contributed by atoms with Crippen molar-refractivity contribution in [3.8, 4) is 11.6 Å². The van der Waals surface area contributed by atoms with Crippen LogP contribution in [0.5, 0.6) is 0 Å². The minimum absolute atomic E-state index is 0.339. The molecule has 1 aromatic carbocycles. The highest BCUT2D eigenvalue weighted by molar-refractivity contribution is 5.86. The molecule has 0 aliphatic rings. The zero-order valence-electron chi connectivity index (χ0n) is 15.5. The minimum Gasteiger partial charge on any atom is -0.461 e. The van der Waals surface area contributed by atoms with E-state index in [1.54, 1.807) is 12.3 Å². The van der Waals surface area contributed by atoms with Gasteiger partial charge in [0.15, 0.2) is 28.6 Å². The number of aromatic nitrogens is 4. The second-order valence-corrected chi connectivity index (χ2v) is 6.43. The van der Waals surface area contributed by atoms with Gasteiger partial charge in [-0.1, -0.05) is 36.4 Å². The van der Waals surface area contributed by atoms with Gasteiger partial charge in [0.2, 0.25) is 5.95 Å². The van der Waals surface area contributed by atoms with Gasteiger partial charge in [-0.15, -0.1) is 6.58 Å². The van der Waals surface area contributed by atoms with Gasteiger partial charge in [-0.3, -0.25) is 0 Å². The summed E-state index contributed by atoms with van der Waals surface area (Å²) in [5.74, 6) is 2.14. The molecule has 28 heavy (non-hydrogen) atoms. The number of hydrogen-bond acceptors (Lipinski definition) is 6. The topological polar surface area (TPSA) is 94.8 Å². The van der Waals surface area contributed by atoms with Crippen molar-refractivity contribution in [1.82, 2.24) is 19.5 Å². The molecule has 0 unspecified atom stereocenters. The van der Waals surface area contributed by atoms with E-state index >= 15 is 0 Å². The third kappa shape index (κ3) is 3.59. The highest BCUT2D eigenvalue weighted by Crippen LogP contribution is 2.27. The highest BCUT2D eigenvalue weighted by Gasteiger charge is 2.18. The number of allylic oxidation sites excluding steroid dienone is 1. The van der Waals surface area contributed by atoms with Gasteiger partial charge in [0.05, 0.1) is 6.26 Å². The third-order valence-corrected chi connectivity index (χ3v) is 4.44. The van der Waals surface area contributed by atoms with Crippen LogP contribution < -0.4 is 11.1 Å². The van der Waals surface area contributed by atoms with Gasteiger partial charge >= 0.3 is 0 Å². The Morgan fingerprint density at radius 2 is 1.96 bits per heavy atom. The number of imidazole rings is 1. The number of nitrogens with two attached hydrogens (primary N) is 1. The Morgan fingerprint density at radius 1 is 1.11 bits per heavy atom. The van der Waals surface area contributed by atoms with Crippen molar-refractivity contribution < 1.29 is 4.42 Å². The van der Waals surface area contributed by atoms with Crippen molar-refractivity contribution in [3.63, 3.8) is 0 Å². The van der Waals surface area contributed by atoms with E-state index in [0.29, 0.717) is 41.1 Å². The summed E-state index contributed by atoms with van der Waals surface area (Å²) in [4.78, 5) is 13.6. The smallest absolute Gasteiger partial charge is 0.226 e. The molecule has 4 aromatic rings. The number of aryl methyl sites for hydroxylation is 1. The Hall–Kier alpha value is -3.61. The molecule has 7 heteroatoms. The first kappa shape index (κ1) is 17.8. The summed E-state index contributed by atoms with van der Waals surface area (Å²) >= 11 is 0. The molecule has 142 valence electrons. The number of nitrogens with one attached hydrogen (secondary N) is 1. The van der Waals surface area contributed by atoms with Crippen LogP contribution in [-0.4, -0.2) is 26.1 Å². The highest BCUT2D eigenvalue weighted by atomic mass is 16.3. The lowest BCUT2D eigenvalue weighted by atomic mass is 10.1. The number of rotatable bonds is 8. The number of benzene rings is 1. The molecule has 0 spiro atoms. The van der Waals surface area contributed by atoms with Crippen LogP contribution in [-0.2, 0) is 13.0 Å². The van der Waals surface area contributed by atoms with E-state index in [1.165, 1.54) is 5.56 Å². The van der Waals surface area contributed by atoms with Crippen molar-refractivity contribution in [2.24, 2.45) is 0 Å². The molecule has 3 heterocycles. The minimum atomic E-state index is 0.339. The maximum Gasteiger partial charge on any atom is 0.226 e. The molecule has 0 amide bonds. The molecule has 0 aliphatic heterocycles. The second kappa shape index (κ2) is 7.96. The Morgan fingerprint density at radius 3 is 2.71 bits per heavy atom. The first-order valence-corrected chi connectivity index (χ1v) is 9.22. The van der Waals surface area contributed by atoms with Gasteiger partial charge in [-0.05, 0) is 30.5 Å². The van der Waals surface area contributed by atoms with Gasteiger partial charge in [0, 0.05) is 13.1 Å². The summed E-state index contributed by atoms with van der Waals surface area (Å²) in [6, 6.07) is 14.1. The van der Waals surface area contributed by atoms with Gasteiger partial charge in [0.25, 0.3) is 0 Å². The molecule has 0 aliphatic carbocycles. The second-order valence-electron chi connectivity index (χ2n) is 6.43. The van der Waals surface area contributed by atoms with Crippen LogP contribution in [0.4, 0.5) is 11.8 Å². The van der Waals surface area contributed by atoms with E-state index in [0.717, 1.165) is 19.4 Å². The van der Waals surface area contributed by atoms with Crippen molar-refractivity contribution in [2.75, 3.05) is 17.6 Å². The Bertz CT molecular complexity index is 1070. The van der Waals surface area contributed by atoms with Crippen LogP contribution in [0, 0.1) is 0 Å². The zero-order chi connectivity index (χ0) is 19.3. The van der Waals surface area contributed by atoms with Gasteiger partial charge in [-0.25, -0.2) is 4.98 Å². The largest absolute Gasteiger partial charge is 0.461 e. The van der Waals surface area contributed by atoms with Crippen molar-refractivity contribution in [3.05, 3.63) is 66.9 Å². The summed E-state index contributed by atoms with van der Waals surface area (Å²) in [7, 11) is 0. The Labute approximate surface area is 162 Å². The lowest BCUT2D eigenvalue weighted by Crippen LogP contribution is -2.09. The summed E-state index contributed by atoms with van der Waals surface area (Å²) < 4.78 is 7.43. The van der Waals surface area contributed by atoms with Crippen LogP contribution in [0.3, 0.4) is 0 Å². The average molecular weight is 374 g/mol. The lowest BCUT2D eigenvalue weighted by Gasteiger charge is -2.08. The number of anilines is 2. The normalized spacial score (nSPS) is 11.0. The SMILES string of the molecule is C=CCn1c(-c2ccco2)nc2c(N)nc(NCCCc3ccccc3)nc21. The van der Waals surface area contributed by atoms with Crippen molar-refractivity contribution in [1.29, 1.82) is 0 Å². The van der Waals surface area contributed by atoms with E-state index in [2.05, 4.69) is 51.1 Å². The molecule has 4 rings (SSSR count). The van der Waals surface area contributed by atoms with E-state index < -0.39 is 0 Å². The molecular formula is C21H22N6O. The van der Waals surface area contributed by atoms with Crippen LogP contribution in [0.25, 0.3) is 22.7 Å². The van der Waals surface area contributed by atoms with Gasteiger partial charge in [-0.2, -0.15) is 9.97 Å². The van der Waals surface area contributed by atoms with Gasteiger partial charge in [0.1, 0.15) is 0 Å². The van der Waals surface area contributed by atoms with E-state index in [1.807, 2.05) is 22.8 Å². The molecule has 0 saturated heterocycles. The van der Waals surface area contributed by atoms with E-state index in [-0.39, 0.29) is 0 Å². The fraction of sp³-hybridized carbons (Fsp3) is 0.190. The molecule has 0 atom stereocenters. The van der Waals surface area contributed by atoms with Crippen LogP contribution in [0.15, 0.2) is 65.8 Å². The number of nitrogen functional groups attached to an aromatic ring is 1. The Balaban J connectivity index is 1.56. The molecule has 0 fully saturated rings. The third-order valence-electron chi connectivity index (χ3n) is 4.44. The number of nitrogens with zero attached hydrogens (tertiary/aromatic N) is 4. The van der Waals surface area contributed by atoms with Crippen LogP contribution >= 0.6 is 0 Å². The van der Waals surface area contributed by atoms with Crippen molar-refractivity contribution in [2.45, 2.75) is 19.4 Å². The van der Waals surface area contributed by atoms with Gasteiger partial charge < -0.3 is 20.0 Å². The molecule has 0 saturated carbocycles. The number of hydrogen-bond donors (Lipinski definition) is 2. The van der Waals surface area contributed by atoms with E-state index in [9.17, 15) is 0 Å². The zero-order valence-corrected chi connectivity index (χ0v) is 15.5. The molecule has 0 radical (unpaired) electrons. The maximum atomic E-state index is 6.16. The van der Waals surface area contributed by atoms with E-state index in [4.69, 9.17) is 10.2 Å². The monoisotopic (exact) mass is 374 g/mol. The lowest BCUT2D eigenvalue weighted by molar-refractivity contribution is 0.573. The molecule has 0 bridgehead atoms. The summed E-state index contributed by atoms with van der Waals surface area (Å²) in [5, 5.41) is 3.27. The summed E-state index contributed by atoms with van der Waals surface area (Å²) in [6.45, 7) is 5.12. The number of furan rings is 1. The quantitative estimate of drug-likeness (QED) is 0.359. The van der Waals surface area contributed by atoms with Crippen molar-refractivity contribution >= 4 is 22.9 Å². The summed E-state index contributed by atoms with van der Waals surface area (Å²) in [6.07, 6.45) is 5.36. The molecular weight excluding hydrogens is 352 g/mol. The first-order chi connectivity index (χ1) is 13.8. The predicted molar refractivity (Wildman–Crippen MR) is 111 cm³/mol. The van der Waals surface area contributed by atoms with Crippen LogP contribution in [0.1, 0.15) is 12.0 Å². The predicted octanol–water partition coefficient (Wildman–Crippen LogP) is 3.90. The fourth-order valence-corrected chi connectivity index (χ4v) is 3.13. The standard InChI is InChI=1S/C21H22N6O/c1-2-13-27-19(16-11-7-14-28-16)24-17-18(22)25-21(26-20(17)27)23-12-6-10-15-8-4-3-5-9-15/h2-5,7-9,11,14H,1,6,10,12-13H2,(H3,22,23,25,26). The maximum absolute atomic E-state index is 6.16. The number of fused-ring (bicyclic) bond motifs is 1.